The summed E-state index contributed by atoms with van der Waals surface area (Å²) in [7, 11) is -0.489. The Kier molecular flexibility index (Phi) is 5.58. The highest BCUT2D eigenvalue weighted by molar-refractivity contribution is 6.62. The minimum Gasteiger partial charge on any atom is -0.455 e. The summed E-state index contributed by atoms with van der Waals surface area (Å²) in [6, 6.07) is 3.78. The number of carbonyl (C=O) groups is 1. The quantitative estimate of drug-likeness (QED) is 0.563. The topological polar surface area (TPSA) is 70.5 Å². The molecule has 7 heteroatoms. The molecule has 2 aromatic heterocycles. The van der Waals surface area contributed by atoms with E-state index in [2.05, 4.69) is 9.97 Å². The predicted octanol–water partition coefficient (Wildman–Crippen LogP) is 4.01. The van der Waals surface area contributed by atoms with Crippen LogP contribution in [0.25, 0.3) is 11.1 Å². The zero-order valence-electron chi connectivity index (χ0n) is 19.4. The monoisotopic (exact) mass is 410 g/mol. The first kappa shape index (κ1) is 22.4. The van der Waals surface area contributed by atoms with Crippen molar-refractivity contribution in [3.05, 3.63) is 41.5 Å². The van der Waals surface area contributed by atoms with Gasteiger partial charge in [-0.25, -0.2) is 9.78 Å². The second kappa shape index (κ2) is 7.47. The molecule has 0 amide bonds. The number of hydrogen-bond acceptors (Lipinski definition) is 6. The molecule has 160 valence electrons. The highest BCUT2D eigenvalue weighted by Crippen LogP contribution is 2.37. The SMILES string of the molecule is Cc1cc(C(=O)OC(C)(C)C)ncc1-c1cnc(C)c(B2OC(C)(C)C(C)(C)O2)c1. The third kappa shape index (κ3) is 4.42. The summed E-state index contributed by atoms with van der Waals surface area (Å²) in [6.45, 7) is 17.5. The van der Waals surface area contributed by atoms with Crippen molar-refractivity contribution in [1.82, 2.24) is 9.97 Å². The summed E-state index contributed by atoms with van der Waals surface area (Å²) in [5.74, 6) is -0.433. The summed E-state index contributed by atoms with van der Waals surface area (Å²) in [6.07, 6.45) is 3.50. The van der Waals surface area contributed by atoms with Crippen molar-refractivity contribution >= 4 is 18.6 Å². The summed E-state index contributed by atoms with van der Waals surface area (Å²) in [5.41, 5.74) is 3.32. The summed E-state index contributed by atoms with van der Waals surface area (Å²) in [5, 5.41) is 0. The summed E-state index contributed by atoms with van der Waals surface area (Å²) < 4.78 is 17.8. The second-order valence-corrected chi connectivity index (χ2v) is 9.87. The highest BCUT2D eigenvalue weighted by Gasteiger charge is 2.52. The molecule has 1 aliphatic heterocycles. The van der Waals surface area contributed by atoms with Crippen molar-refractivity contribution in [2.75, 3.05) is 0 Å². The number of rotatable bonds is 3. The van der Waals surface area contributed by atoms with E-state index in [-0.39, 0.29) is 5.69 Å². The normalized spacial score (nSPS) is 17.8. The fourth-order valence-electron chi connectivity index (χ4n) is 3.21. The largest absolute Gasteiger partial charge is 0.496 e. The van der Waals surface area contributed by atoms with Gasteiger partial charge in [-0.3, -0.25) is 4.98 Å². The minimum absolute atomic E-state index is 0.289. The molecule has 0 atom stereocenters. The smallest absolute Gasteiger partial charge is 0.455 e. The zero-order chi connectivity index (χ0) is 22.5. The number of pyridine rings is 2. The zero-order valence-corrected chi connectivity index (χ0v) is 19.4. The lowest BCUT2D eigenvalue weighted by molar-refractivity contribution is 0.00578. The lowest BCUT2D eigenvalue weighted by atomic mass is 9.77. The Hall–Kier alpha value is -2.25. The van der Waals surface area contributed by atoms with E-state index >= 15 is 0 Å². The Morgan fingerprint density at radius 2 is 1.60 bits per heavy atom. The van der Waals surface area contributed by atoms with Crippen LogP contribution in [-0.4, -0.2) is 39.9 Å². The van der Waals surface area contributed by atoms with Crippen LogP contribution in [0.1, 0.15) is 70.2 Å². The van der Waals surface area contributed by atoms with Gasteiger partial charge in [0.1, 0.15) is 11.3 Å². The van der Waals surface area contributed by atoms with Crippen LogP contribution < -0.4 is 5.46 Å². The Bertz CT molecular complexity index is 964. The number of ether oxygens (including phenoxy) is 1. The lowest BCUT2D eigenvalue weighted by Crippen LogP contribution is -2.41. The highest BCUT2D eigenvalue weighted by atomic mass is 16.7. The Morgan fingerprint density at radius 1 is 1.00 bits per heavy atom. The van der Waals surface area contributed by atoms with E-state index in [9.17, 15) is 4.79 Å². The van der Waals surface area contributed by atoms with Crippen LogP contribution >= 0.6 is 0 Å². The van der Waals surface area contributed by atoms with E-state index < -0.39 is 29.9 Å². The van der Waals surface area contributed by atoms with Gasteiger partial charge in [-0.05, 0) is 73.9 Å². The number of nitrogens with zero attached hydrogens (tertiary/aromatic N) is 2. The summed E-state index contributed by atoms with van der Waals surface area (Å²) >= 11 is 0. The van der Waals surface area contributed by atoms with Gasteiger partial charge < -0.3 is 14.0 Å². The fourth-order valence-corrected chi connectivity index (χ4v) is 3.21. The molecule has 0 aliphatic carbocycles. The fraction of sp³-hybridized carbons (Fsp3) is 0.522. The molecule has 2 aromatic rings. The molecule has 3 rings (SSSR count). The standard InChI is InChI=1S/C23H31BN2O4/c1-14-10-19(20(27)28-21(3,4)5)26-13-17(14)16-11-18(15(2)25-12-16)24-29-22(6,7)23(8,9)30-24/h10-13H,1-9H3. The second-order valence-electron chi connectivity index (χ2n) is 9.87. The van der Waals surface area contributed by atoms with Gasteiger partial charge in [0, 0.05) is 34.7 Å². The molecule has 0 spiro atoms. The average Bonchev–Trinajstić information content (AvgIpc) is 2.81. The Balaban J connectivity index is 1.93. The van der Waals surface area contributed by atoms with E-state index in [0.29, 0.717) is 0 Å². The first-order chi connectivity index (χ1) is 13.7. The third-order valence-corrected chi connectivity index (χ3v) is 5.66. The van der Waals surface area contributed by atoms with Crippen molar-refractivity contribution in [1.29, 1.82) is 0 Å². The lowest BCUT2D eigenvalue weighted by Gasteiger charge is -2.32. The van der Waals surface area contributed by atoms with E-state index in [1.54, 1.807) is 18.5 Å². The number of aromatic nitrogens is 2. The number of hydrogen-bond donors (Lipinski definition) is 0. The molecule has 1 saturated heterocycles. The van der Waals surface area contributed by atoms with E-state index in [1.807, 2.05) is 68.4 Å². The molecular formula is C23H31BN2O4. The molecular weight excluding hydrogens is 379 g/mol. The van der Waals surface area contributed by atoms with Gasteiger partial charge in [0.25, 0.3) is 0 Å². The van der Waals surface area contributed by atoms with Crippen LogP contribution in [0.4, 0.5) is 0 Å². The molecule has 1 aliphatic rings. The van der Waals surface area contributed by atoms with Crippen LogP contribution in [0.5, 0.6) is 0 Å². The van der Waals surface area contributed by atoms with Crippen LogP contribution in [-0.2, 0) is 14.0 Å². The molecule has 6 nitrogen and oxygen atoms in total. The molecule has 0 unspecified atom stereocenters. The molecule has 0 bridgehead atoms. The van der Waals surface area contributed by atoms with Crippen molar-refractivity contribution in [3.8, 4) is 11.1 Å². The van der Waals surface area contributed by atoms with Gasteiger partial charge >= 0.3 is 13.1 Å². The number of aryl methyl sites for hydroxylation is 2. The van der Waals surface area contributed by atoms with Crippen LogP contribution in [0.3, 0.4) is 0 Å². The van der Waals surface area contributed by atoms with Crippen molar-refractivity contribution in [3.63, 3.8) is 0 Å². The van der Waals surface area contributed by atoms with E-state index in [0.717, 1.165) is 27.8 Å². The van der Waals surface area contributed by atoms with Crippen LogP contribution in [0.2, 0.25) is 0 Å². The molecule has 1 fully saturated rings. The average molecular weight is 410 g/mol. The molecule has 0 N–H and O–H groups in total. The molecule has 30 heavy (non-hydrogen) atoms. The van der Waals surface area contributed by atoms with E-state index in [1.165, 1.54) is 0 Å². The van der Waals surface area contributed by atoms with Gasteiger partial charge in [0.05, 0.1) is 11.2 Å². The predicted molar refractivity (Wildman–Crippen MR) is 118 cm³/mol. The van der Waals surface area contributed by atoms with Crippen molar-refractivity contribution in [2.24, 2.45) is 0 Å². The maximum atomic E-state index is 12.3. The van der Waals surface area contributed by atoms with Gasteiger partial charge in [-0.1, -0.05) is 6.07 Å². The van der Waals surface area contributed by atoms with Crippen LogP contribution in [0, 0.1) is 13.8 Å². The first-order valence-electron chi connectivity index (χ1n) is 10.2. The van der Waals surface area contributed by atoms with Crippen molar-refractivity contribution in [2.45, 2.75) is 79.1 Å². The van der Waals surface area contributed by atoms with Gasteiger partial charge in [-0.2, -0.15) is 0 Å². The molecule has 0 saturated carbocycles. The first-order valence-corrected chi connectivity index (χ1v) is 10.2. The van der Waals surface area contributed by atoms with Gasteiger partial charge in [-0.15, -0.1) is 0 Å². The molecule has 0 radical (unpaired) electrons. The molecule has 0 aromatic carbocycles. The van der Waals surface area contributed by atoms with Gasteiger partial charge in [0.15, 0.2) is 0 Å². The van der Waals surface area contributed by atoms with E-state index in [4.69, 9.17) is 14.0 Å². The minimum atomic E-state index is -0.566. The Morgan fingerprint density at radius 3 is 2.13 bits per heavy atom. The summed E-state index contributed by atoms with van der Waals surface area (Å²) in [4.78, 5) is 21.2. The Labute approximate surface area is 179 Å². The maximum Gasteiger partial charge on any atom is 0.496 e. The molecule has 3 heterocycles. The van der Waals surface area contributed by atoms with Crippen LogP contribution in [0.15, 0.2) is 24.5 Å². The number of esters is 1. The van der Waals surface area contributed by atoms with Gasteiger partial charge in [0.2, 0.25) is 0 Å². The third-order valence-electron chi connectivity index (χ3n) is 5.66. The number of carbonyl (C=O) groups excluding carboxylic acids is 1. The van der Waals surface area contributed by atoms with Crippen molar-refractivity contribution < 1.29 is 18.8 Å². The maximum absolute atomic E-state index is 12.3.